The van der Waals surface area contributed by atoms with E-state index in [2.05, 4.69) is 43.6 Å². The van der Waals surface area contributed by atoms with Crippen molar-refractivity contribution < 1.29 is 14.7 Å². The number of urea groups is 1. The highest BCUT2D eigenvalue weighted by Gasteiger charge is 2.37. The van der Waals surface area contributed by atoms with Gasteiger partial charge in [-0.25, -0.2) is 24.7 Å². The van der Waals surface area contributed by atoms with E-state index in [4.69, 9.17) is 0 Å². The molecule has 1 aliphatic heterocycles. The van der Waals surface area contributed by atoms with Crippen molar-refractivity contribution in [3.05, 3.63) is 35.7 Å². The predicted octanol–water partition coefficient (Wildman–Crippen LogP) is 5.27. The standard InChI is InChI=1S/C26H29N7O3S2/c1-4-20-28-14-19(37-20)17-10-15(11-18-21(17)38-25(31-18)32-24(36)27-5-2)16-12-29-23(30-13-16)33-8-6-26(3,7-9-33)22(34)35/h10-14H,4-9H2,1-3H3,(H,34,35)(H2,27,31,32,36). The minimum Gasteiger partial charge on any atom is -0.481 e. The molecule has 5 rings (SSSR count). The number of rotatable bonds is 7. The number of thiazole rings is 2. The quantitative estimate of drug-likeness (QED) is 0.283. The van der Waals surface area contributed by atoms with E-state index in [1.54, 1.807) is 30.7 Å². The summed E-state index contributed by atoms with van der Waals surface area (Å²) in [5.41, 5.74) is 2.83. The smallest absolute Gasteiger partial charge is 0.321 e. The number of aliphatic carboxylic acids is 1. The number of carboxylic acid groups (broad SMARTS) is 1. The lowest BCUT2D eigenvalue weighted by molar-refractivity contribution is -0.149. The average molecular weight is 552 g/mol. The Morgan fingerprint density at radius 2 is 1.79 bits per heavy atom. The highest BCUT2D eigenvalue weighted by atomic mass is 32.1. The molecule has 3 N–H and O–H groups in total. The molecule has 0 unspecified atom stereocenters. The molecule has 10 nitrogen and oxygen atoms in total. The van der Waals surface area contributed by atoms with Crippen molar-refractivity contribution >= 4 is 56.0 Å². The van der Waals surface area contributed by atoms with Gasteiger partial charge in [0.25, 0.3) is 0 Å². The van der Waals surface area contributed by atoms with Gasteiger partial charge in [0.1, 0.15) is 0 Å². The highest BCUT2D eigenvalue weighted by Crippen LogP contribution is 2.40. The monoisotopic (exact) mass is 551 g/mol. The van der Waals surface area contributed by atoms with E-state index in [1.807, 2.05) is 24.1 Å². The first kappa shape index (κ1) is 26.0. The molecule has 1 aliphatic rings. The van der Waals surface area contributed by atoms with Gasteiger partial charge in [-0.1, -0.05) is 18.3 Å². The molecule has 0 bridgehead atoms. The molecule has 3 aromatic heterocycles. The Kier molecular flexibility index (Phi) is 7.26. The van der Waals surface area contributed by atoms with Crippen LogP contribution in [-0.2, 0) is 11.2 Å². The van der Waals surface area contributed by atoms with E-state index >= 15 is 0 Å². The zero-order valence-electron chi connectivity index (χ0n) is 21.4. The van der Waals surface area contributed by atoms with Crippen molar-refractivity contribution in [1.29, 1.82) is 0 Å². The molecule has 0 atom stereocenters. The zero-order valence-corrected chi connectivity index (χ0v) is 23.1. The van der Waals surface area contributed by atoms with E-state index < -0.39 is 11.4 Å². The topological polar surface area (TPSA) is 133 Å². The molecule has 4 aromatic rings. The van der Waals surface area contributed by atoms with E-state index in [0.717, 1.165) is 43.2 Å². The van der Waals surface area contributed by atoms with E-state index in [9.17, 15) is 14.7 Å². The summed E-state index contributed by atoms with van der Waals surface area (Å²) in [5.74, 6) is -0.155. The van der Waals surface area contributed by atoms with Gasteiger partial charge in [0.15, 0.2) is 5.13 Å². The Morgan fingerprint density at radius 1 is 1.05 bits per heavy atom. The second-order valence-electron chi connectivity index (χ2n) is 9.47. The summed E-state index contributed by atoms with van der Waals surface area (Å²) in [5, 5.41) is 16.6. The number of piperidine rings is 1. The van der Waals surface area contributed by atoms with Gasteiger partial charge < -0.3 is 15.3 Å². The Morgan fingerprint density at radius 3 is 2.42 bits per heavy atom. The first-order chi connectivity index (χ1) is 18.3. The second-order valence-corrected chi connectivity index (χ2v) is 11.6. The van der Waals surface area contributed by atoms with Crippen LogP contribution in [0.1, 0.15) is 38.6 Å². The number of amides is 2. The van der Waals surface area contributed by atoms with Crippen molar-refractivity contribution in [3.8, 4) is 21.6 Å². The summed E-state index contributed by atoms with van der Waals surface area (Å²) in [6, 6.07) is 3.79. The van der Waals surface area contributed by atoms with Crippen LogP contribution >= 0.6 is 22.7 Å². The third-order valence-corrected chi connectivity index (χ3v) is 9.00. The maximum atomic E-state index is 12.1. The van der Waals surface area contributed by atoms with Crippen LogP contribution in [0.25, 0.3) is 31.8 Å². The molecule has 0 spiro atoms. The molecule has 4 heterocycles. The summed E-state index contributed by atoms with van der Waals surface area (Å²) in [7, 11) is 0. The summed E-state index contributed by atoms with van der Waals surface area (Å²) in [6.45, 7) is 7.47. The lowest BCUT2D eigenvalue weighted by Gasteiger charge is -2.36. The number of carbonyl (C=O) groups excluding carboxylic acids is 1. The van der Waals surface area contributed by atoms with Crippen LogP contribution in [0, 0.1) is 5.41 Å². The maximum Gasteiger partial charge on any atom is 0.321 e. The van der Waals surface area contributed by atoms with Gasteiger partial charge in [0.05, 0.1) is 25.5 Å². The van der Waals surface area contributed by atoms with Gasteiger partial charge in [-0.15, -0.1) is 11.3 Å². The van der Waals surface area contributed by atoms with Gasteiger partial charge in [-0.3, -0.25) is 10.1 Å². The van der Waals surface area contributed by atoms with E-state index in [-0.39, 0.29) is 6.03 Å². The fourth-order valence-corrected chi connectivity index (χ4v) is 6.30. The van der Waals surface area contributed by atoms with Crippen molar-refractivity contribution in [2.24, 2.45) is 5.41 Å². The number of fused-ring (bicyclic) bond motifs is 1. The summed E-state index contributed by atoms with van der Waals surface area (Å²) >= 11 is 3.08. The summed E-state index contributed by atoms with van der Waals surface area (Å²) < 4.78 is 0.971. The molecule has 2 amide bonds. The molecule has 0 radical (unpaired) electrons. The van der Waals surface area contributed by atoms with Crippen LogP contribution in [0.4, 0.5) is 15.9 Å². The second kappa shape index (κ2) is 10.6. The molecular weight excluding hydrogens is 522 g/mol. The van der Waals surface area contributed by atoms with Crippen molar-refractivity contribution in [3.63, 3.8) is 0 Å². The van der Waals surface area contributed by atoms with Crippen LogP contribution in [-0.4, -0.2) is 56.7 Å². The fourth-order valence-electron chi connectivity index (χ4n) is 4.38. The van der Waals surface area contributed by atoms with Crippen molar-refractivity contribution in [2.75, 3.05) is 29.9 Å². The van der Waals surface area contributed by atoms with Gasteiger partial charge >= 0.3 is 12.0 Å². The first-order valence-electron chi connectivity index (χ1n) is 12.5. The Balaban J connectivity index is 1.47. The van der Waals surface area contributed by atoms with Crippen LogP contribution < -0.4 is 15.5 Å². The van der Waals surface area contributed by atoms with Crippen LogP contribution in [0.15, 0.2) is 30.7 Å². The Bertz CT molecular complexity index is 1470. The lowest BCUT2D eigenvalue weighted by Crippen LogP contribution is -2.43. The number of aryl methyl sites for hydroxylation is 1. The van der Waals surface area contributed by atoms with Gasteiger partial charge in [0, 0.05) is 49.4 Å². The molecule has 198 valence electrons. The third-order valence-electron chi connectivity index (χ3n) is 6.81. The SMILES string of the molecule is CCNC(=O)Nc1nc2cc(-c3cnc(N4CCC(C)(C(=O)O)CC4)nc3)cc(-c3cnc(CC)s3)c2s1. The number of carbonyl (C=O) groups is 2. The normalized spacial score (nSPS) is 15.0. The maximum absolute atomic E-state index is 12.1. The number of anilines is 2. The molecule has 38 heavy (non-hydrogen) atoms. The average Bonchev–Trinajstić information content (AvgIpc) is 3.55. The molecular formula is C26H29N7O3S2. The van der Waals surface area contributed by atoms with Crippen LogP contribution in [0.5, 0.6) is 0 Å². The highest BCUT2D eigenvalue weighted by molar-refractivity contribution is 7.23. The first-order valence-corrected chi connectivity index (χ1v) is 14.2. The Labute approximate surface area is 228 Å². The van der Waals surface area contributed by atoms with Gasteiger partial charge in [0.2, 0.25) is 5.95 Å². The number of nitrogens with zero attached hydrogens (tertiary/aromatic N) is 5. The lowest BCUT2D eigenvalue weighted by atomic mass is 9.80. The van der Waals surface area contributed by atoms with Gasteiger partial charge in [-0.2, -0.15) is 0 Å². The van der Waals surface area contributed by atoms with Crippen molar-refractivity contribution in [1.82, 2.24) is 25.3 Å². The minimum atomic E-state index is -0.752. The zero-order chi connectivity index (χ0) is 26.9. The number of hydrogen-bond donors (Lipinski definition) is 3. The third kappa shape index (κ3) is 5.18. The fraction of sp³-hybridized carbons (Fsp3) is 0.385. The van der Waals surface area contributed by atoms with E-state index in [0.29, 0.717) is 43.6 Å². The molecule has 1 saturated heterocycles. The predicted molar refractivity (Wildman–Crippen MR) is 151 cm³/mol. The minimum absolute atomic E-state index is 0.287. The van der Waals surface area contributed by atoms with Crippen LogP contribution in [0.3, 0.4) is 0 Å². The molecule has 12 heteroatoms. The van der Waals surface area contributed by atoms with Crippen LogP contribution in [0.2, 0.25) is 0 Å². The summed E-state index contributed by atoms with van der Waals surface area (Å²) in [4.78, 5) is 45.2. The molecule has 1 fully saturated rings. The summed E-state index contributed by atoms with van der Waals surface area (Å²) in [6.07, 6.45) is 7.44. The number of benzene rings is 1. The number of nitrogens with one attached hydrogen (secondary N) is 2. The van der Waals surface area contributed by atoms with E-state index in [1.165, 1.54) is 11.3 Å². The Hall–Kier alpha value is -3.64. The van der Waals surface area contributed by atoms with Crippen molar-refractivity contribution in [2.45, 2.75) is 40.0 Å². The number of aromatic nitrogens is 4. The van der Waals surface area contributed by atoms with Gasteiger partial charge in [-0.05, 0) is 50.8 Å². The molecule has 0 aliphatic carbocycles. The largest absolute Gasteiger partial charge is 0.481 e. The molecule has 0 saturated carbocycles. The number of hydrogen-bond acceptors (Lipinski definition) is 9. The molecule has 1 aromatic carbocycles. The number of carboxylic acids is 1.